The number of amides is 5. The SMILES string of the molecule is CCC[C@H](NC(=O)[C@@H]1[C@H]2CCC[C@@H]2CN1C(=O)C(NC(=O)[C@H](NC(=O)c1cnccn1)C1CCCCC1)C(C)(C)C)C(=O)C(=O)NC1CC1. The molecule has 5 rings (SSSR count). The second-order valence-corrected chi connectivity index (χ2v) is 15.5. The molecule has 1 aromatic rings. The predicted molar refractivity (Wildman–Crippen MR) is 181 cm³/mol. The molecular formula is C36H53N7O6. The van der Waals surface area contributed by atoms with Gasteiger partial charge in [-0.25, -0.2) is 4.98 Å². The van der Waals surface area contributed by atoms with E-state index in [-0.39, 0.29) is 35.4 Å². The maximum absolute atomic E-state index is 14.6. The third-order valence-corrected chi connectivity index (χ3v) is 10.7. The summed E-state index contributed by atoms with van der Waals surface area (Å²) in [6.45, 7) is 7.85. The van der Waals surface area contributed by atoms with Crippen molar-refractivity contribution in [3.63, 3.8) is 0 Å². The van der Waals surface area contributed by atoms with Gasteiger partial charge in [-0.15, -0.1) is 0 Å². The lowest BCUT2D eigenvalue weighted by Crippen LogP contribution is -2.62. The molecule has 4 aliphatic rings. The third-order valence-electron chi connectivity index (χ3n) is 10.7. The summed E-state index contributed by atoms with van der Waals surface area (Å²) < 4.78 is 0. The van der Waals surface area contributed by atoms with Crippen molar-refractivity contribution in [2.24, 2.45) is 23.2 Å². The summed E-state index contributed by atoms with van der Waals surface area (Å²) in [5.41, 5.74) is -0.638. The fraction of sp³-hybridized carbons (Fsp3) is 0.722. The van der Waals surface area contributed by atoms with Gasteiger partial charge in [-0.2, -0.15) is 0 Å². The van der Waals surface area contributed by atoms with Crippen LogP contribution in [0.3, 0.4) is 0 Å². The Kier molecular flexibility index (Phi) is 11.7. The predicted octanol–water partition coefficient (Wildman–Crippen LogP) is 2.45. The molecule has 1 saturated heterocycles. The zero-order valence-electron chi connectivity index (χ0n) is 29.3. The van der Waals surface area contributed by atoms with Gasteiger partial charge in [0.2, 0.25) is 23.5 Å². The minimum absolute atomic E-state index is 0.0132. The van der Waals surface area contributed by atoms with Crippen molar-refractivity contribution >= 4 is 35.3 Å². The van der Waals surface area contributed by atoms with E-state index in [4.69, 9.17) is 0 Å². The number of likely N-dealkylation sites (tertiary alicyclic amines) is 1. The fourth-order valence-electron chi connectivity index (χ4n) is 7.87. The quantitative estimate of drug-likeness (QED) is 0.230. The molecule has 3 saturated carbocycles. The van der Waals surface area contributed by atoms with Crippen LogP contribution < -0.4 is 21.3 Å². The Morgan fingerprint density at radius 3 is 2.27 bits per heavy atom. The van der Waals surface area contributed by atoms with Crippen molar-refractivity contribution in [3.8, 4) is 0 Å². The lowest BCUT2D eigenvalue weighted by molar-refractivity contribution is -0.146. The molecule has 4 N–H and O–H groups in total. The number of nitrogens with zero attached hydrogens (tertiary/aromatic N) is 3. The molecule has 268 valence electrons. The zero-order valence-corrected chi connectivity index (χ0v) is 29.3. The first-order valence-corrected chi connectivity index (χ1v) is 18.2. The van der Waals surface area contributed by atoms with Gasteiger partial charge in [-0.3, -0.25) is 33.8 Å². The molecule has 1 aromatic heterocycles. The average Bonchev–Trinajstić information content (AvgIpc) is 3.65. The van der Waals surface area contributed by atoms with Crippen LogP contribution in [0.25, 0.3) is 0 Å². The van der Waals surface area contributed by atoms with Gasteiger partial charge < -0.3 is 26.2 Å². The van der Waals surface area contributed by atoms with Crippen LogP contribution >= 0.6 is 0 Å². The Balaban J connectivity index is 1.36. The Morgan fingerprint density at radius 2 is 1.63 bits per heavy atom. The number of rotatable bonds is 13. The summed E-state index contributed by atoms with van der Waals surface area (Å²) in [4.78, 5) is 91.4. The van der Waals surface area contributed by atoms with Crippen LogP contribution in [0.2, 0.25) is 0 Å². The Labute approximate surface area is 288 Å². The van der Waals surface area contributed by atoms with E-state index in [2.05, 4.69) is 31.2 Å². The smallest absolute Gasteiger partial charge is 0.289 e. The summed E-state index contributed by atoms with van der Waals surface area (Å²) in [6.07, 6.45) is 13.9. The van der Waals surface area contributed by atoms with Crippen LogP contribution in [-0.4, -0.2) is 86.9 Å². The molecule has 0 spiro atoms. The van der Waals surface area contributed by atoms with Crippen LogP contribution in [0.1, 0.15) is 115 Å². The van der Waals surface area contributed by atoms with Gasteiger partial charge >= 0.3 is 0 Å². The van der Waals surface area contributed by atoms with Crippen LogP contribution in [0.15, 0.2) is 18.6 Å². The highest BCUT2D eigenvalue weighted by Crippen LogP contribution is 2.43. The second-order valence-electron chi connectivity index (χ2n) is 15.5. The molecule has 0 bridgehead atoms. The minimum Gasteiger partial charge on any atom is -0.347 e. The van der Waals surface area contributed by atoms with Crippen molar-refractivity contribution in [2.75, 3.05) is 6.54 Å². The van der Waals surface area contributed by atoms with Gasteiger partial charge in [0, 0.05) is 25.0 Å². The highest BCUT2D eigenvalue weighted by Gasteiger charge is 2.52. The number of ketones is 1. The number of carbonyl (C=O) groups excluding carboxylic acids is 6. The van der Waals surface area contributed by atoms with Crippen LogP contribution in [0.5, 0.6) is 0 Å². The van der Waals surface area contributed by atoms with E-state index < -0.39 is 59.0 Å². The Morgan fingerprint density at radius 1 is 0.898 bits per heavy atom. The molecule has 13 nitrogen and oxygen atoms in total. The van der Waals surface area contributed by atoms with Crippen LogP contribution in [0, 0.1) is 23.2 Å². The molecule has 0 radical (unpaired) electrons. The van der Waals surface area contributed by atoms with Crippen molar-refractivity contribution in [1.29, 1.82) is 0 Å². The standard InChI is InChI=1S/C36H53N7O6/c1-5-10-25(29(44)34(48)39-23-15-16-23)40-33(47)28-24-14-9-13-22(24)20-43(28)35(49)30(36(2,3)4)42-32(46)27(21-11-7-6-8-12-21)41-31(45)26-19-37-17-18-38-26/h17-19,21-25,27-28,30H,5-16,20H2,1-4H3,(H,39,48)(H,40,47)(H,41,45)(H,42,46)/t22-,24+,25+,27-,28+,30?/m1/s1. The number of carbonyl (C=O) groups is 6. The third kappa shape index (κ3) is 8.83. The molecule has 4 fully saturated rings. The average molecular weight is 680 g/mol. The maximum Gasteiger partial charge on any atom is 0.289 e. The topological polar surface area (TPSA) is 180 Å². The van der Waals surface area contributed by atoms with E-state index in [1.165, 1.54) is 18.6 Å². The maximum atomic E-state index is 14.6. The van der Waals surface area contributed by atoms with E-state index in [9.17, 15) is 28.8 Å². The van der Waals surface area contributed by atoms with Gasteiger partial charge in [-0.05, 0) is 68.1 Å². The Bertz CT molecular complexity index is 1390. The van der Waals surface area contributed by atoms with Crippen LogP contribution in [-0.2, 0) is 24.0 Å². The Hall–Kier alpha value is -3.90. The van der Waals surface area contributed by atoms with Gasteiger partial charge in [0.05, 0.1) is 12.2 Å². The summed E-state index contributed by atoms with van der Waals surface area (Å²) in [7, 11) is 0. The van der Waals surface area contributed by atoms with Crippen molar-refractivity contribution in [3.05, 3.63) is 24.3 Å². The number of hydrogen-bond acceptors (Lipinski definition) is 8. The van der Waals surface area contributed by atoms with E-state index in [1.54, 1.807) is 4.90 Å². The molecular weight excluding hydrogens is 626 g/mol. The van der Waals surface area contributed by atoms with E-state index >= 15 is 0 Å². The monoisotopic (exact) mass is 679 g/mol. The lowest BCUT2D eigenvalue weighted by Gasteiger charge is -2.38. The van der Waals surface area contributed by atoms with Crippen molar-refractivity contribution in [2.45, 2.75) is 135 Å². The first-order valence-electron chi connectivity index (χ1n) is 18.2. The van der Waals surface area contributed by atoms with Crippen molar-refractivity contribution < 1.29 is 28.8 Å². The van der Waals surface area contributed by atoms with E-state index in [0.717, 1.165) is 64.2 Å². The number of Topliss-reactive ketones (excluding diaryl/α,β-unsaturated/α-hetero) is 1. The fourth-order valence-corrected chi connectivity index (χ4v) is 7.87. The molecule has 1 aliphatic heterocycles. The summed E-state index contributed by atoms with van der Waals surface area (Å²) >= 11 is 0. The number of fused-ring (bicyclic) bond motifs is 1. The molecule has 5 amide bonds. The van der Waals surface area contributed by atoms with Gasteiger partial charge in [0.1, 0.15) is 23.8 Å². The summed E-state index contributed by atoms with van der Waals surface area (Å²) in [6, 6.07) is -3.68. The largest absolute Gasteiger partial charge is 0.347 e. The van der Waals surface area contributed by atoms with Crippen molar-refractivity contribution in [1.82, 2.24) is 36.1 Å². The minimum atomic E-state index is -0.994. The van der Waals surface area contributed by atoms with E-state index in [0.29, 0.717) is 19.4 Å². The normalized spacial score (nSPS) is 24.2. The molecule has 3 aliphatic carbocycles. The molecule has 49 heavy (non-hydrogen) atoms. The van der Waals surface area contributed by atoms with Gasteiger partial charge in [-0.1, -0.05) is 59.8 Å². The van der Waals surface area contributed by atoms with E-state index in [1.807, 2.05) is 27.7 Å². The lowest BCUT2D eigenvalue weighted by atomic mass is 9.82. The number of nitrogens with one attached hydrogen (secondary N) is 4. The second kappa shape index (κ2) is 15.8. The van der Waals surface area contributed by atoms with Gasteiger partial charge in [0.25, 0.3) is 11.8 Å². The first kappa shape index (κ1) is 36.4. The first-order chi connectivity index (χ1) is 23.4. The molecule has 6 atom stereocenters. The highest BCUT2D eigenvalue weighted by atomic mass is 16.2. The molecule has 1 unspecified atom stereocenters. The summed E-state index contributed by atoms with van der Waals surface area (Å²) in [5.74, 6) is -3.20. The zero-order chi connectivity index (χ0) is 35.3. The van der Waals surface area contributed by atoms with Crippen LogP contribution in [0.4, 0.5) is 0 Å². The van der Waals surface area contributed by atoms with Gasteiger partial charge in [0.15, 0.2) is 0 Å². The summed E-state index contributed by atoms with van der Waals surface area (Å²) in [5, 5.41) is 11.5. The molecule has 2 heterocycles. The number of hydrogen-bond donors (Lipinski definition) is 4. The number of aromatic nitrogens is 2. The molecule has 13 heteroatoms. The molecule has 0 aromatic carbocycles. The highest BCUT2D eigenvalue weighted by molar-refractivity contribution is 6.38.